The highest BCUT2D eigenvalue weighted by molar-refractivity contribution is 5.85. The third-order valence-electron chi connectivity index (χ3n) is 4.80. The van der Waals surface area contributed by atoms with Crippen molar-refractivity contribution in [3.8, 4) is 11.4 Å². The Bertz CT molecular complexity index is 1170. The van der Waals surface area contributed by atoms with E-state index in [1.165, 1.54) is 6.07 Å². The standard InChI is InChI=1S/C23H24N4O2.ClH/c1-25(2)12-13-27-22-9-8-20(14-19(22)16-24-27)26-11-10-21(15-23(26)28)29-17-18-6-4-3-5-7-18;/h3-11,14-16H,12-13,17H2,1-2H3;1H. The molecule has 2 aromatic carbocycles. The van der Waals surface area contributed by atoms with Gasteiger partial charge < -0.3 is 9.64 Å². The van der Waals surface area contributed by atoms with E-state index in [4.69, 9.17) is 4.74 Å². The predicted octanol–water partition coefficient (Wildman–Crippen LogP) is 3.75. The number of pyridine rings is 1. The fourth-order valence-electron chi connectivity index (χ4n) is 3.20. The molecule has 0 fully saturated rings. The number of benzene rings is 2. The zero-order valence-electron chi connectivity index (χ0n) is 17.1. The van der Waals surface area contributed by atoms with Crippen LogP contribution >= 0.6 is 12.4 Å². The minimum atomic E-state index is -0.130. The van der Waals surface area contributed by atoms with Gasteiger partial charge in [0.2, 0.25) is 0 Å². The Morgan fingerprint density at radius 1 is 1.03 bits per heavy atom. The molecular formula is C23H25ClN4O2. The third-order valence-corrected chi connectivity index (χ3v) is 4.80. The van der Waals surface area contributed by atoms with Crippen LogP contribution < -0.4 is 10.3 Å². The summed E-state index contributed by atoms with van der Waals surface area (Å²) in [4.78, 5) is 14.8. The SMILES string of the molecule is CN(C)CCn1ncc2cc(-n3ccc(OCc4ccccc4)cc3=O)ccc21.Cl. The summed E-state index contributed by atoms with van der Waals surface area (Å²) < 4.78 is 9.36. The van der Waals surface area contributed by atoms with Crippen LogP contribution in [0.25, 0.3) is 16.6 Å². The number of nitrogens with zero attached hydrogens (tertiary/aromatic N) is 4. The summed E-state index contributed by atoms with van der Waals surface area (Å²) in [5.41, 5.74) is 2.80. The van der Waals surface area contributed by atoms with Gasteiger partial charge in [0.15, 0.2) is 0 Å². The van der Waals surface area contributed by atoms with Gasteiger partial charge >= 0.3 is 0 Å². The van der Waals surface area contributed by atoms with E-state index in [9.17, 15) is 4.79 Å². The van der Waals surface area contributed by atoms with Crippen LogP contribution in [0, 0.1) is 0 Å². The number of aromatic nitrogens is 3. The molecule has 0 spiro atoms. The second-order valence-electron chi connectivity index (χ2n) is 7.26. The van der Waals surface area contributed by atoms with Crippen molar-refractivity contribution in [3.63, 3.8) is 0 Å². The van der Waals surface area contributed by atoms with E-state index in [-0.39, 0.29) is 18.0 Å². The number of ether oxygens (including phenoxy) is 1. The van der Waals surface area contributed by atoms with Crippen LogP contribution in [-0.4, -0.2) is 39.9 Å². The van der Waals surface area contributed by atoms with Crippen molar-refractivity contribution in [2.24, 2.45) is 0 Å². The Morgan fingerprint density at radius 3 is 2.57 bits per heavy atom. The normalized spacial score (nSPS) is 10.9. The molecule has 0 N–H and O–H groups in total. The monoisotopic (exact) mass is 424 g/mol. The quantitative estimate of drug-likeness (QED) is 0.453. The van der Waals surface area contributed by atoms with Gasteiger partial charge in [-0.05, 0) is 43.9 Å². The molecule has 0 bridgehead atoms. The van der Waals surface area contributed by atoms with E-state index in [2.05, 4.69) is 10.00 Å². The summed E-state index contributed by atoms with van der Waals surface area (Å²) in [6, 6.07) is 19.2. The first-order chi connectivity index (χ1) is 14.1. The second-order valence-corrected chi connectivity index (χ2v) is 7.26. The molecule has 0 aliphatic heterocycles. The highest BCUT2D eigenvalue weighted by atomic mass is 35.5. The summed E-state index contributed by atoms with van der Waals surface area (Å²) >= 11 is 0. The van der Waals surface area contributed by atoms with Crippen molar-refractivity contribution in [2.45, 2.75) is 13.2 Å². The molecule has 156 valence electrons. The van der Waals surface area contributed by atoms with Crippen molar-refractivity contribution < 1.29 is 4.74 Å². The molecule has 0 saturated heterocycles. The van der Waals surface area contributed by atoms with Crippen LogP contribution in [0.5, 0.6) is 5.75 Å². The van der Waals surface area contributed by atoms with Crippen molar-refractivity contribution in [3.05, 3.63) is 89.0 Å². The molecule has 2 aromatic heterocycles. The molecule has 0 aliphatic rings. The maximum atomic E-state index is 12.6. The molecule has 4 rings (SSSR count). The van der Waals surface area contributed by atoms with E-state index < -0.39 is 0 Å². The first-order valence-electron chi connectivity index (χ1n) is 9.60. The number of halogens is 1. The zero-order valence-corrected chi connectivity index (χ0v) is 17.9. The number of hydrogen-bond donors (Lipinski definition) is 0. The van der Waals surface area contributed by atoms with Crippen LogP contribution in [-0.2, 0) is 13.2 Å². The molecule has 0 radical (unpaired) electrons. The minimum Gasteiger partial charge on any atom is -0.489 e. The lowest BCUT2D eigenvalue weighted by Gasteiger charge is -2.11. The average molecular weight is 425 g/mol. The van der Waals surface area contributed by atoms with E-state index >= 15 is 0 Å². The van der Waals surface area contributed by atoms with Crippen LogP contribution in [0.2, 0.25) is 0 Å². The van der Waals surface area contributed by atoms with Crippen molar-refractivity contribution in [2.75, 3.05) is 20.6 Å². The van der Waals surface area contributed by atoms with Crippen LogP contribution in [0.3, 0.4) is 0 Å². The van der Waals surface area contributed by atoms with E-state index in [1.54, 1.807) is 10.8 Å². The van der Waals surface area contributed by atoms with Gasteiger partial charge in [-0.25, -0.2) is 0 Å². The lowest BCUT2D eigenvalue weighted by molar-refractivity contribution is 0.305. The van der Waals surface area contributed by atoms with Gasteiger partial charge in [-0.15, -0.1) is 12.4 Å². The largest absolute Gasteiger partial charge is 0.489 e. The number of hydrogen-bond acceptors (Lipinski definition) is 4. The minimum absolute atomic E-state index is 0. The topological polar surface area (TPSA) is 52.3 Å². The van der Waals surface area contributed by atoms with Crippen molar-refractivity contribution in [1.29, 1.82) is 0 Å². The Kier molecular flexibility index (Phi) is 6.92. The van der Waals surface area contributed by atoms with Crippen LogP contribution in [0.4, 0.5) is 0 Å². The third kappa shape index (κ3) is 4.90. The molecule has 7 heteroatoms. The molecule has 2 heterocycles. The van der Waals surface area contributed by atoms with Gasteiger partial charge in [-0.1, -0.05) is 30.3 Å². The predicted molar refractivity (Wildman–Crippen MR) is 122 cm³/mol. The second kappa shape index (κ2) is 9.61. The van der Waals surface area contributed by atoms with Gasteiger partial charge in [-0.3, -0.25) is 14.0 Å². The highest BCUT2D eigenvalue weighted by Gasteiger charge is 2.07. The summed E-state index contributed by atoms with van der Waals surface area (Å²) in [5.74, 6) is 0.563. The first kappa shape index (κ1) is 21.6. The maximum absolute atomic E-state index is 12.6. The smallest absolute Gasteiger partial charge is 0.258 e. The Labute approximate surface area is 181 Å². The van der Waals surface area contributed by atoms with E-state index in [0.717, 1.165) is 35.2 Å². The number of rotatable bonds is 7. The fourth-order valence-corrected chi connectivity index (χ4v) is 3.20. The van der Waals surface area contributed by atoms with Gasteiger partial charge in [0, 0.05) is 29.9 Å². The molecule has 4 aromatic rings. The van der Waals surface area contributed by atoms with Crippen LogP contribution in [0.15, 0.2) is 77.9 Å². The van der Waals surface area contributed by atoms with Crippen molar-refractivity contribution in [1.82, 2.24) is 19.2 Å². The zero-order chi connectivity index (χ0) is 20.2. The number of likely N-dealkylation sites (N-methyl/N-ethyl adjacent to an activating group) is 1. The van der Waals surface area contributed by atoms with Crippen LogP contribution in [0.1, 0.15) is 5.56 Å². The molecule has 6 nitrogen and oxygen atoms in total. The molecule has 0 amide bonds. The van der Waals surface area contributed by atoms with E-state index in [1.807, 2.05) is 79.6 Å². The lowest BCUT2D eigenvalue weighted by Crippen LogP contribution is -2.19. The van der Waals surface area contributed by atoms with Gasteiger partial charge in [-0.2, -0.15) is 5.10 Å². The Morgan fingerprint density at radius 2 is 1.83 bits per heavy atom. The lowest BCUT2D eigenvalue weighted by atomic mass is 10.2. The van der Waals surface area contributed by atoms with E-state index in [0.29, 0.717) is 12.4 Å². The fraction of sp³-hybridized carbons (Fsp3) is 0.217. The number of fused-ring (bicyclic) bond motifs is 1. The highest BCUT2D eigenvalue weighted by Crippen LogP contribution is 2.19. The maximum Gasteiger partial charge on any atom is 0.258 e. The van der Waals surface area contributed by atoms with Crippen molar-refractivity contribution >= 4 is 23.3 Å². The molecule has 0 unspecified atom stereocenters. The summed E-state index contributed by atoms with van der Waals surface area (Å²) in [5, 5.41) is 5.49. The van der Waals surface area contributed by atoms with Gasteiger partial charge in [0.05, 0.1) is 18.3 Å². The Hall–Kier alpha value is -3.09. The summed E-state index contributed by atoms with van der Waals surface area (Å²) in [6.07, 6.45) is 3.59. The Balaban J connectivity index is 0.00000256. The average Bonchev–Trinajstić information content (AvgIpc) is 3.14. The molecule has 0 aliphatic carbocycles. The van der Waals surface area contributed by atoms with Gasteiger partial charge in [0.25, 0.3) is 5.56 Å². The first-order valence-corrected chi connectivity index (χ1v) is 9.60. The van der Waals surface area contributed by atoms with Gasteiger partial charge in [0.1, 0.15) is 12.4 Å². The molecular weight excluding hydrogens is 400 g/mol. The molecule has 30 heavy (non-hydrogen) atoms. The summed E-state index contributed by atoms with van der Waals surface area (Å²) in [6.45, 7) is 2.17. The molecule has 0 atom stereocenters. The molecule has 0 saturated carbocycles. The summed E-state index contributed by atoms with van der Waals surface area (Å²) in [7, 11) is 4.09.